The summed E-state index contributed by atoms with van der Waals surface area (Å²) in [6, 6.07) is 15.6. The molecule has 0 spiro atoms. The van der Waals surface area contributed by atoms with Gasteiger partial charge in [-0.25, -0.2) is 15.0 Å². The lowest BCUT2D eigenvalue weighted by atomic mass is 10.2. The summed E-state index contributed by atoms with van der Waals surface area (Å²) in [7, 11) is 0. The molecule has 7 heteroatoms. The Morgan fingerprint density at radius 2 is 1.77 bits per heavy atom. The number of nitrogens with two attached hydrogens (primary N) is 1. The second-order valence-corrected chi connectivity index (χ2v) is 5.80. The molecule has 0 aliphatic rings. The summed E-state index contributed by atoms with van der Waals surface area (Å²) in [6.45, 7) is 0.700. The van der Waals surface area contributed by atoms with Crippen molar-refractivity contribution in [3.63, 3.8) is 0 Å². The highest BCUT2D eigenvalue weighted by molar-refractivity contribution is 6.05. The molecule has 0 unspecified atom stereocenters. The molecule has 1 amide bonds. The number of nitrogen functional groups attached to an aromatic ring is 1. The van der Waals surface area contributed by atoms with Crippen molar-refractivity contribution in [1.29, 1.82) is 0 Å². The summed E-state index contributed by atoms with van der Waals surface area (Å²) in [5.74, 6) is -0.280. The van der Waals surface area contributed by atoms with Gasteiger partial charge >= 0.3 is 0 Å². The second-order valence-electron chi connectivity index (χ2n) is 5.80. The van der Waals surface area contributed by atoms with Crippen LogP contribution in [0.15, 0.2) is 67.3 Å². The summed E-state index contributed by atoms with van der Waals surface area (Å²) in [6.07, 6.45) is 4.71. The van der Waals surface area contributed by atoms with Gasteiger partial charge in [-0.3, -0.25) is 4.79 Å². The number of aromatic nitrogens is 4. The van der Waals surface area contributed by atoms with E-state index in [0.29, 0.717) is 12.2 Å². The fraction of sp³-hybridized carbons (Fsp3) is 0.0526. The van der Waals surface area contributed by atoms with Gasteiger partial charge in [0.15, 0.2) is 11.5 Å². The van der Waals surface area contributed by atoms with E-state index in [1.54, 1.807) is 0 Å². The Bertz CT molecular complexity index is 1070. The number of fused-ring (bicyclic) bond motifs is 1. The standard InChI is InChI=1S/C19H16N6O/c20-18-17(21-9-10-22-18)19(26)24-14-7-5-13(6-8-14)11-25-12-23-15-3-1-2-4-16(15)25/h1-10,12H,11H2,(H2,20,22)(H,24,26). The van der Waals surface area contributed by atoms with E-state index in [0.717, 1.165) is 16.6 Å². The highest BCUT2D eigenvalue weighted by Gasteiger charge is 2.12. The molecule has 2 heterocycles. The number of carbonyl (C=O) groups excluding carboxylic acids is 1. The zero-order valence-corrected chi connectivity index (χ0v) is 13.8. The number of hydrogen-bond acceptors (Lipinski definition) is 5. The highest BCUT2D eigenvalue weighted by atomic mass is 16.1. The van der Waals surface area contributed by atoms with Crippen molar-refractivity contribution in [2.45, 2.75) is 6.54 Å². The van der Waals surface area contributed by atoms with Crippen molar-refractivity contribution in [3.8, 4) is 0 Å². The third-order valence-corrected chi connectivity index (χ3v) is 4.03. The first kappa shape index (κ1) is 15.8. The SMILES string of the molecule is Nc1nccnc1C(=O)Nc1ccc(Cn2cnc3ccccc32)cc1. The first-order valence-corrected chi connectivity index (χ1v) is 8.07. The molecular weight excluding hydrogens is 328 g/mol. The smallest absolute Gasteiger partial charge is 0.278 e. The first-order valence-electron chi connectivity index (χ1n) is 8.07. The number of nitrogens with zero attached hydrogens (tertiary/aromatic N) is 4. The molecule has 4 rings (SSSR count). The van der Waals surface area contributed by atoms with Crippen LogP contribution >= 0.6 is 0 Å². The van der Waals surface area contributed by atoms with Gasteiger partial charge in [0.1, 0.15) is 0 Å². The Morgan fingerprint density at radius 1 is 1.00 bits per heavy atom. The zero-order chi connectivity index (χ0) is 17.9. The van der Waals surface area contributed by atoms with Crippen molar-refractivity contribution in [3.05, 3.63) is 78.5 Å². The lowest BCUT2D eigenvalue weighted by Gasteiger charge is -2.08. The van der Waals surface area contributed by atoms with E-state index in [4.69, 9.17) is 5.73 Å². The van der Waals surface area contributed by atoms with Gasteiger partial charge < -0.3 is 15.6 Å². The summed E-state index contributed by atoms with van der Waals surface area (Å²) < 4.78 is 2.09. The Labute approximate surface area is 149 Å². The summed E-state index contributed by atoms with van der Waals surface area (Å²) in [5, 5.41) is 2.77. The van der Waals surface area contributed by atoms with Crippen LogP contribution in [0.2, 0.25) is 0 Å². The molecule has 3 N–H and O–H groups in total. The van der Waals surface area contributed by atoms with Crippen molar-refractivity contribution >= 4 is 28.4 Å². The van der Waals surface area contributed by atoms with Gasteiger partial charge in [0.05, 0.1) is 17.4 Å². The molecular formula is C19H16N6O. The fourth-order valence-corrected chi connectivity index (χ4v) is 2.74. The lowest BCUT2D eigenvalue weighted by Crippen LogP contribution is -2.16. The number of amides is 1. The lowest BCUT2D eigenvalue weighted by molar-refractivity contribution is 0.102. The number of imidazole rings is 1. The van der Waals surface area contributed by atoms with E-state index in [1.165, 1.54) is 12.4 Å². The molecule has 2 aromatic heterocycles. The quantitative estimate of drug-likeness (QED) is 0.593. The second kappa shape index (κ2) is 6.64. The van der Waals surface area contributed by atoms with E-state index in [2.05, 4.69) is 24.8 Å². The fourth-order valence-electron chi connectivity index (χ4n) is 2.74. The van der Waals surface area contributed by atoms with Crippen LogP contribution in [0.3, 0.4) is 0 Å². The van der Waals surface area contributed by atoms with Crippen LogP contribution in [0.4, 0.5) is 11.5 Å². The molecule has 4 aromatic rings. The third-order valence-electron chi connectivity index (χ3n) is 4.03. The summed E-state index contributed by atoms with van der Waals surface area (Å²) in [4.78, 5) is 24.4. The maximum absolute atomic E-state index is 12.2. The number of nitrogens with one attached hydrogen (secondary N) is 1. The van der Waals surface area contributed by atoms with Gasteiger partial charge in [0.25, 0.3) is 5.91 Å². The van der Waals surface area contributed by atoms with Crippen molar-refractivity contribution < 1.29 is 4.79 Å². The van der Waals surface area contributed by atoms with Crippen LogP contribution in [-0.2, 0) is 6.54 Å². The molecule has 0 fully saturated rings. The number of rotatable bonds is 4. The molecule has 0 saturated carbocycles. The van der Waals surface area contributed by atoms with Gasteiger partial charge in [-0.2, -0.15) is 0 Å². The minimum absolute atomic E-state index is 0.105. The molecule has 0 atom stereocenters. The number of anilines is 2. The highest BCUT2D eigenvalue weighted by Crippen LogP contribution is 2.16. The van der Waals surface area contributed by atoms with Crippen LogP contribution in [-0.4, -0.2) is 25.4 Å². The Kier molecular flexibility index (Phi) is 4.03. The minimum atomic E-state index is -0.385. The molecule has 2 aromatic carbocycles. The normalized spacial score (nSPS) is 10.8. The monoisotopic (exact) mass is 344 g/mol. The number of carbonyl (C=O) groups is 1. The minimum Gasteiger partial charge on any atom is -0.382 e. The Hall–Kier alpha value is -3.74. The largest absolute Gasteiger partial charge is 0.382 e. The van der Waals surface area contributed by atoms with Crippen LogP contribution in [0.5, 0.6) is 0 Å². The topological polar surface area (TPSA) is 98.7 Å². The molecule has 0 radical (unpaired) electrons. The van der Waals surface area contributed by atoms with E-state index in [9.17, 15) is 4.79 Å². The van der Waals surface area contributed by atoms with Gasteiger partial charge in [-0.1, -0.05) is 24.3 Å². The van der Waals surface area contributed by atoms with Crippen LogP contribution in [0.1, 0.15) is 16.1 Å². The number of benzene rings is 2. The predicted octanol–water partition coefficient (Wildman–Crippen LogP) is 2.71. The van der Waals surface area contributed by atoms with Gasteiger partial charge in [-0.15, -0.1) is 0 Å². The molecule has 128 valence electrons. The molecule has 7 nitrogen and oxygen atoms in total. The van der Waals surface area contributed by atoms with E-state index < -0.39 is 0 Å². The zero-order valence-electron chi connectivity index (χ0n) is 13.8. The van der Waals surface area contributed by atoms with Crippen LogP contribution in [0.25, 0.3) is 11.0 Å². The maximum Gasteiger partial charge on any atom is 0.278 e. The molecule has 0 aliphatic carbocycles. The van der Waals surface area contributed by atoms with Gasteiger partial charge in [0, 0.05) is 24.6 Å². The van der Waals surface area contributed by atoms with Crippen molar-refractivity contribution in [2.75, 3.05) is 11.1 Å². The van der Waals surface area contributed by atoms with E-state index in [1.807, 2.05) is 54.9 Å². The van der Waals surface area contributed by atoms with Gasteiger partial charge in [-0.05, 0) is 29.8 Å². The van der Waals surface area contributed by atoms with Crippen molar-refractivity contribution in [1.82, 2.24) is 19.5 Å². The Balaban J connectivity index is 1.48. The summed E-state index contributed by atoms with van der Waals surface area (Å²) in [5.41, 5.74) is 9.61. The van der Waals surface area contributed by atoms with Crippen LogP contribution < -0.4 is 11.1 Å². The van der Waals surface area contributed by atoms with Crippen LogP contribution in [0, 0.1) is 0 Å². The number of para-hydroxylation sites is 2. The molecule has 0 bridgehead atoms. The maximum atomic E-state index is 12.2. The number of hydrogen-bond donors (Lipinski definition) is 2. The third kappa shape index (κ3) is 3.10. The summed E-state index contributed by atoms with van der Waals surface area (Å²) >= 11 is 0. The molecule has 0 aliphatic heterocycles. The molecule has 0 saturated heterocycles. The van der Waals surface area contributed by atoms with Gasteiger partial charge in [0.2, 0.25) is 0 Å². The van der Waals surface area contributed by atoms with Crippen molar-refractivity contribution in [2.24, 2.45) is 0 Å². The first-order chi connectivity index (χ1) is 12.7. The molecule has 26 heavy (non-hydrogen) atoms. The average molecular weight is 344 g/mol. The predicted molar refractivity (Wildman–Crippen MR) is 99.7 cm³/mol. The average Bonchev–Trinajstić information content (AvgIpc) is 3.07. The van der Waals surface area contributed by atoms with E-state index >= 15 is 0 Å². The Morgan fingerprint density at radius 3 is 2.58 bits per heavy atom. The van der Waals surface area contributed by atoms with E-state index in [-0.39, 0.29) is 17.4 Å².